The number of carbonyl (C=O) groups excluding carboxylic acids is 2. The molecule has 0 aliphatic rings. The fraction of sp³-hybridized carbons (Fsp3) is 0.333. The third-order valence-electron chi connectivity index (χ3n) is 4.13. The average molecular weight is 354 g/mol. The van der Waals surface area contributed by atoms with E-state index in [9.17, 15) is 9.59 Å². The van der Waals surface area contributed by atoms with Gasteiger partial charge in [-0.1, -0.05) is 45.0 Å². The highest BCUT2D eigenvalue weighted by molar-refractivity contribution is 5.99. The molecule has 2 aromatic rings. The molecule has 0 aliphatic heterocycles. The van der Waals surface area contributed by atoms with E-state index in [2.05, 4.69) is 31.4 Å². The van der Waals surface area contributed by atoms with Crippen molar-refractivity contribution in [3.05, 3.63) is 59.2 Å². The molecule has 0 saturated carbocycles. The molecule has 0 atom stereocenters. The van der Waals surface area contributed by atoms with Crippen molar-refractivity contribution < 1.29 is 14.3 Å². The minimum atomic E-state index is -0.272. The number of ether oxygens (including phenoxy) is 1. The van der Waals surface area contributed by atoms with Crippen LogP contribution in [0.2, 0.25) is 0 Å². The van der Waals surface area contributed by atoms with E-state index in [1.54, 1.807) is 32.2 Å². The van der Waals surface area contributed by atoms with Crippen LogP contribution in [-0.2, 0) is 10.2 Å². The summed E-state index contributed by atoms with van der Waals surface area (Å²) >= 11 is 0. The number of amides is 2. The monoisotopic (exact) mass is 354 g/mol. The summed E-state index contributed by atoms with van der Waals surface area (Å²) in [5.41, 5.74) is 2.82. The molecular weight excluding hydrogens is 328 g/mol. The van der Waals surface area contributed by atoms with E-state index in [0.29, 0.717) is 17.0 Å². The van der Waals surface area contributed by atoms with E-state index in [4.69, 9.17) is 4.74 Å². The van der Waals surface area contributed by atoms with Crippen molar-refractivity contribution in [3.8, 4) is 5.75 Å². The van der Waals surface area contributed by atoms with Crippen LogP contribution in [0.1, 0.15) is 42.3 Å². The van der Waals surface area contributed by atoms with Gasteiger partial charge in [0, 0.05) is 18.3 Å². The summed E-state index contributed by atoms with van der Waals surface area (Å²) in [6.45, 7) is 8.00. The molecule has 0 heterocycles. The second-order valence-corrected chi connectivity index (χ2v) is 7.14. The number of hydrogen-bond acceptors (Lipinski definition) is 3. The Morgan fingerprint density at radius 3 is 2.38 bits per heavy atom. The lowest BCUT2D eigenvalue weighted by molar-refractivity contribution is -0.118. The summed E-state index contributed by atoms with van der Waals surface area (Å²) in [6, 6.07) is 12.9. The van der Waals surface area contributed by atoms with Gasteiger partial charge in [-0.05, 0) is 41.7 Å². The summed E-state index contributed by atoms with van der Waals surface area (Å²) in [5.74, 6) is 0.241. The van der Waals surface area contributed by atoms with Crippen molar-refractivity contribution in [3.63, 3.8) is 0 Å². The number of benzene rings is 2. The van der Waals surface area contributed by atoms with Crippen LogP contribution < -0.4 is 15.4 Å². The summed E-state index contributed by atoms with van der Waals surface area (Å²) in [6.07, 6.45) is 0. The Morgan fingerprint density at radius 1 is 1.04 bits per heavy atom. The molecule has 2 rings (SSSR count). The molecule has 5 nitrogen and oxygen atoms in total. The Labute approximate surface area is 154 Å². The average Bonchev–Trinajstić information content (AvgIpc) is 2.60. The first kappa shape index (κ1) is 19.5. The van der Waals surface area contributed by atoms with Crippen LogP contribution in [-0.4, -0.2) is 25.5 Å². The first-order valence-electron chi connectivity index (χ1n) is 8.58. The summed E-state index contributed by atoms with van der Waals surface area (Å²) < 4.78 is 5.75. The quantitative estimate of drug-likeness (QED) is 0.861. The molecule has 0 fully saturated rings. The molecular formula is C21H26N2O3. The van der Waals surface area contributed by atoms with Gasteiger partial charge in [-0.15, -0.1) is 0 Å². The third-order valence-corrected chi connectivity index (χ3v) is 4.13. The number of nitrogens with one attached hydrogen (secondary N) is 2. The highest BCUT2D eigenvalue weighted by Crippen LogP contribution is 2.30. The highest BCUT2D eigenvalue weighted by Gasteiger charge is 2.19. The summed E-state index contributed by atoms with van der Waals surface area (Å²) in [5, 5.41) is 5.41. The normalized spacial score (nSPS) is 11.0. The second kappa shape index (κ2) is 8.04. The second-order valence-electron chi connectivity index (χ2n) is 7.14. The summed E-state index contributed by atoms with van der Waals surface area (Å²) in [7, 11) is 1.58. The van der Waals surface area contributed by atoms with Gasteiger partial charge in [0.2, 0.25) is 0 Å². The fourth-order valence-electron chi connectivity index (χ4n) is 2.69. The predicted octanol–water partition coefficient (Wildman–Crippen LogP) is 3.67. The predicted molar refractivity (Wildman–Crippen MR) is 104 cm³/mol. The first-order valence-corrected chi connectivity index (χ1v) is 8.58. The van der Waals surface area contributed by atoms with Gasteiger partial charge in [-0.3, -0.25) is 9.59 Å². The van der Waals surface area contributed by atoms with E-state index < -0.39 is 0 Å². The van der Waals surface area contributed by atoms with Crippen LogP contribution in [0, 0.1) is 6.92 Å². The maximum atomic E-state index is 12.3. The Balaban J connectivity index is 2.09. The number of para-hydroxylation sites is 1. The molecule has 0 bridgehead atoms. The molecule has 0 aliphatic carbocycles. The molecule has 2 amide bonds. The van der Waals surface area contributed by atoms with Gasteiger partial charge < -0.3 is 15.4 Å². The van der Waals surface area contributed by atoms with Crippen molar-refractivity contribution >= 4 is 17.5 Å². The Bertz CT molecular complexity index is 807. The molecule has 2 N–H and O–H groups in total. The molecule has 0 radical (unpaired) electrons. The zero-order chi connectivity index (χ0) is 19.3. The number of carbonyl (C=O) groups is 2. The zero-order valence-corrected chi connectivity index (χ0v) is 16.0. The van der Waals surface area contributed by atoms with Gasteiger partial charge >= 0.3 is 0 Å². The third kappa shape index (κ3) is 4.63. The van der Waals surface area contributed by atoms with E-state index in [-0.39, 0.29) is 23.8 Å². The first-order chi connectivity index (χ1) is 12.2. The molecule has 0 unspecified atom stereocenters. The minimum Gasteiger partial charge on any atom is -0.483 e. The Hall–Kier alpha value is -2.82. The smallest absolute Gasteiger partial charge is 0.262 e. The van der Waals surface area contributed by atoms with Gasteiger partial charge in [0.25, 0.3) is 11.8 Å². The van der Waals surface area contributed by atoms with Crippen molar-refractivity contribution in [2.24, 2.45) is 0 Å². The van der Waals surface area contributed by atoms with E-state index in [0.717, 1.165) is 11.1 Å². The molecule has 0 spiro atoms. The van der Waals surface area contributed by atoms with Crippen LogP contribution in [0.4, 0.5) is 5.69 Å². The lowest BCUT2D eigenvalue weighted by atomic mass is 9.86. The number of rotatable bonds is 5. The lowest BCUT2D eigenvalue weighted by Gasteiger charge is -2.22. The van der Waals surface area contributed by atoms with Crippen LogP contribution >= 0.6 is 0 Å². The largest absolute Gasteiger partial charge is 0.483 e. The minimum absolute atomic E-state index is 0.0779. The van der Waals surface area contributed by atoms with Gasteiger partial charge in [-0.2, -0.15) is 0 Å². The van der Waals surface area contributed by atoms with Gasteiger partial charge in [0.05, 0.1) is 0 Å². The topological polar surface area (TPSA) is 67.4 Å². The van der Waals surface area contributed by atoms with E-state index >= 15 is 0 Å². The SMILES string of the molecule is CNC(=O)c1cccc(NC(=O)COc2ccccc2C(C)(C)C)c1C. The van der Waals surface area contributed by atoms with Crippen molar-refractivity contribution in [1.82, 2.24) is 5.32 Å². The van der Waals surface area contributed by atoms with Gasteiger partial charge in [-0.25, -0.2) is 0 Å². The van der Waals surface area contributed by atoms with E-state index in [1.807, 2.05) is 24.3 Å². The molecule has 0 saturated heterocycles. The fourth-order valence-corrected chi connectivity index (χ4v) is 2.69. The molecule has 138 valence electrons. The summed E-state index contributed by atoms with van der Waals surface area (Å²) in [4.78, 5) is 24.2. The van der Waals surface area contributed by atoms with Crippen molar-refractivity contribution in [2.75, 3.05) is 19.0 Å². The Kier molecular flexibility index (Phi) is 6.03. The highest BCUT2D eigenvalue weighted by atomic mass is 16.5. The van der Waals surface area contributed by atoms with Crippen molar-refractivity contribution in [1.29, 1.82) is 0 Å². The maximum absolute atomic E-state index is 12.3. The Morgan fingerprint density at radius 2 is 1.73 bits per heavy atom. The van der Waals surface area contributed by atoms with E-state index in [1.165, 1.54) is 0 Å². The zero-order valence-electron chi connectivity index (χ0n) is 16.0. The molecule has 26 heavy (non-hydrogen) atoms. The number of anilines is 1. The maximum Gasteiger partial charge on any atom is 0.262 e. The van der Waals surface area contributed by atoms with Crippen LogP contribution in [0.25, 0.3) is 0 Å². The molecule has 5 heteroatoms. The standard InChI is InChI=1S/C21H26N2O3/c1-14-15(20(25)22-5)9-8-11-17(14)23-19(24)13-26-18-12-7-6-10-16(18)21(2,3)4/h6-12H,13H2,1-5H3,(H,22,25)(H,23,24). The molecule has 0 aromatic heterocycles. The van der Waals surface area contributed by atoms with Gasteiger partial charge in [0.1, 0.15) is 5.75 Å². The number of hydrogen-bond donors (Lipinski definition) is 2. The van der Waals surface area contributed by atoms with Crippen LogP contribution in [0.15, 0.2) is 42.5 Å². The lowest BCUT2D eigenvalue weighted by Crippen LogP contribution is -2.23. The van der Waals surface area contributed by atoms with Crippen LogP contribution in [0.3, 0.4) is 0 Å². The molecule has 2 aromatic carbocycles. The van der Waals surface area contributed by atoms with Gasteiger partial charge in [0.15, 0.2) is 6.61 Å². The van der Waals surface area contributed by atoms with Crippen molar-refractivity contribution in [2.45, 2.75) is 33.1 Å². The van der Waals surface area contributed by atoms with Crippen LogP contribution in [0.5, 0.6) is 5.75 Å².